The minimum atomic E-state index is 0.538. The summed E-state index contributed by atoms with van der Waals surface area (Å²) in [6, 6.07) is 14.4. The first-order valence-electron chi connectivity index (χ1n) is 11.0. The maximum absolute atomic E-state index is 5.46. The number of ether oxygens (including phenoxy) is 1. The van der Waals surface area contributed by atoms with Gasteiger partial charge in [-0.15, -0.1) is 5.10 Å². The standard InChI is InChI=1S/C24H22N8O/c1-2-18-12-17(3-4-22(18)26-6-1)16-32-24-23(29-30-32)27-15-20(28-24)13-19-14-21(5-7-25-19)31-8-10-33-11-9-31/h1-7,12,14-15H,8-11,13,16H2. The van der Waals surface area contributed by atoms with Crippen LogP contribution in [0.1, 0.15) is 17.0 Å². The van der Waals surface area contributed by atoms with Crippen LogP contribution in [-0.2, 0) is 17.7 Å². The van der Waals surface area contributed by atoms with E-state index in [1.165, 1.54) is 0 Å². The zero-order valence-corrected chi connectivity index (χ0v) is 18.0. The van der Waals surface area contributed by atoms with E-state index in [0.717, 1.165) is 59.8 Å². The fraction of sp³-hybridized carbons (Fsp3) is 0.250. The minimum absolute atomic E-state index is 0.538. The number of rotatable bonds is 5. The Balaban J connectivity index is 1.26. The van der Waals surface area contributed by atoms with E-state index in [4.69, 9.17) is 9.72 Å². The Morgan fingerprint density at radius 1 is 0.909 bits per heavy atom. The van der Waals surface area contributed by atoms with Crippen molar-refractivity contribution < 1.29 is 4.74 Å². The first kappa shape index (κ1) is 19.7. The van der Waals surface area contributed by atoms with Crippen LogP contribution >= 0.6 is 0 Å². The second-order valence-corrected chi connectivity index (χ2v) is 8.07. The van der Waals surface area contributed by atoms with Crippen molar-refractivity contribution in [1.82, 2.24) is 34.9 Å². The maximum atomic E-state index is 5.46. The van der Waals surface area contributed by atoms with Gasteiger partial charge in [-0.1, -0.05) is 17.3 Å². The average molecular weight is 438 g/mol. The SMILES string of the molecule is c1cnc2ccc(Cn3nnc4ncc(Cc5cc(N6CCOCC6)ccn5)nc43)cc2c1. The van der Waals surface area contributed by atoms with Crippen molar-refractivity contribution >= 4 is 27.9 Å². The van der Waals surface area contributed by atoms with Crippen LogP contribution in [0.25, 0.3) is 22.2 Å². The van der Waals surface area contributed by atoms with Crippen molar-refractivity contribution in [3.8, 4) is 0 Å². The third-order valence-electron chi connectivity index (χ3n) is 5.82. The molecule has 9 nitrogen and oxygen atoms in total. The van der Waals surface area contributed by atoms with Crippen molar-refractivity contribution in [3.63, 3.8) is 0 Å². The van der Waals surface area contributed by atoms with E-state index in [1.807, 2.05) is 24.4 Å². The molecule has 0 radical (unpaired) electrons. The Morgan fingerprint density at radius 3 is 2.79 bits per heavy atom. The summed E-state index contributed by atoms with van der Waals surface area (Å²) in [6.07, 6.45) is 6.00. The van der Waals surface area contributed by atoms with E-state index in [-0.39, 0.29) is 0 Å². The highest BCUT2D eigenvalue weighted by molar-refractivity contribution is 5.79. The summed E-state index contributed by atoms with van der Waals surface area (Å²) >= 11 is 0. The first-order valence-corrected chi connectivity index (χ1v) is 11.0. The van der Waals surface area contributed by atoms with Gasteiger partial charge < -0.3 is 9.64 Å². The van der Waals surface area contributed by atoms with Gasteiger partial charge in [-0.25, -0.2) is 14.6 Å². The molecule has 0 amide bonds. The predicted molar refractivity (Wildman–Crippen MR) is 124 cm³/mol. The van der Waals surface area contributed by atoms with Crippen LogP contribution in [0.15, 0.2) is 61.1 Å². The Kier molecular flexibility index (Phi) is 5.08. The summed E-state index contributed by atoms with van der Waals surface area (Å²) in [4.78, 5) is 20.6. The van der Waals surface area contributed by atoms with Crippen LogP contribution in [0.5, 0.6) is 0 Å². The van der Waals surface area contributed by atoms with Gasteiger partial charge in [0.2, 0.25) is 5.65 Å². The van der Waals surface area contributed by atoms with Crippen LogP contribution in [0.2, 0.25) is 0 Å². The van der Waals surface area contributed by atoms with Crippen molar-refractivity contribution in [2.24, 2.45) is 0 Å². The molecule has 33 heavy (non-hydrogen) atoms. The molecule has 4 aromatic heterocycles. The van der Waals surface area contributed by atoms with Gasteiger partial charge in [0.15, 0.2) is 5.65 Å². The smallest absolute Gasteiger partial charge is 0.221 e. The van der Waals surface area contributed by atoms with Crippen molar-refractivity contribution in [2.75, 3.05) is 31.2 Å². The molecule has 0 aliphatic carbocycles. The highest BCUT2D eigenvalue weighted by Gasteiger charge is 2.14. The second kappa shape index (κ2) is 8.51. The van der Waals surface area contributed by atoms with E-state index in [0.29, 0.717) is 24.3 Å². The largest absolute Gasteiger partial charge is 0.378 e. The molecular formula is C24H22N8O. The summed E-state index contributed by atoms with van der Waals surface area (Å²) in [5.41, 5.74) is 6.23. The van der Waals surface area contributed by atoms with E-state index in [2.05, 4.69) is 54.4 Å². The molecule has 1 fully saturated rings. The Labute approximate surface area is 190 Å². The monoisotopic (exact) mass is 438 g/mol. The number of hydrogen-bond acceptors (Lipinski definition) is 8. The number of nitrogens with zero attached hydrogens (tertiary/aromatic N) is 8. The molecular weight excluding hydrogens is 416 g/mol. The van der Waals surface area contributed by atoms with Gasteiger partial charge in [0.05, 0.1) is 37.2 Å². The molecule has 0 spiro atoms. The van der Waals surface area contributed by atoms with E-state index >= 15 is 0 Å². The molecule has 1 aromatic carbocycles. The van der Waals surface area contributed by atoms with Gasteiger partial charge in [-0.3, -0.25) is 9.97 Å². The fourth-order valence-corrected chi connectivity index (χ4v) is 4.14. The predicted octanol–water partition coefficient (Wildman–Crippen LogP) is 2.64. The van der Waals surface area contributed by atoms with Crippen LogP contribution < -0.4 is 4.90 Å². The normalized spacial score (nSPS) is 14.2. The topological polar surface area (TPSA) is 94.7 Å². The highest BCUT2D eigenvalue weighted by Crippen LogP contribution is 2.19. The lowest BCUT2D eigenvalue weighted by Crippen LogP contribution is -2.36. The summed E-state index contributed by atoms with van der Waals surface area (Å²) in [5, 5.41) is 9.57. The summed E-state index contributed by atoms with van der Waals surface area (Å²) < 4.78 is 7.25. The van der Waals surface area contributed by atoms with Gasteiger partial charge >= 0.3 is 0 Å². The second-order valence-electron chi connectivity index (χ2n) is 8.07. The van der Waals surface area contributed by atoms with Crippen molar-refractivity contribution in [1.29, 1.82) is 0 Å². The van der Waals surface area contributed by atoms with Crippen LogP contribution in [0.4, 0.5) is 5.69 Å². The third kappa shape index (κ3) is 4.10. The molecule has 164 valence electrons. The number of benzene rings is 1. The quantitative estimate of drug-likeness (QED) is 0.413. The molecule has 5 heterocycles. The van der Waals surface area contributed by atoms with Gasteiger partial charge in [-0.05, 0) is 35.9 Å². The molecule has 0 bridgehead atoms. The molecule has 0 atom stereocenters. The number of pyridine rings is 2. The first-order chi connectivity index (χ1) is 16.3. The summed E-state index contributed by atoms with van der Waals surface area (Å²) in [6.45, 7) is 3.86. The lowest BCUT2D eigenvalue weighted by atomic mass is 10.1. The lowest BCUT2D eigenvalue weighted by Gasteiger charge is -2.28. The molecule has 9 heteroatoms. The zero-order valence-electron chi connectivity index (χ0n) is 18.0. The molecule has 1 aliphatic rings. The minimum Gasteiger partial charge on any atom is -0.378 e. The van der Waals surface area contributed by atoms with Gasteiger partial charge in [0.1, 0.15) is 0 Å². The molecule has 0 saturated carbocycles. The van der Waals surface area contributed by atoms with E-state index in [1.54, 1.807) is 17.1 Å². The molecule has 1 saturated heterocycles. The van der Waals surface area contributed by atoms with Crippen LogP contribution in [0, 0.1) is 0 Å². The van der Waals surface area contributed by atoms with E-state index in [9.17, 15) is 0 Å². The van der Waals surface area contributed by atoms with Crippen LogP contribution in [-0.4, -0.2) is 61.2 Å². The Morgan fingerprint density at radius 2 is 1.85 bits per heavy atom. The molecule has 0 N–H and O–H groups in total. The summed E-state index contributed by atoms with van der Waals surface area (Å²) in [7, 11) is 0. The Hall–Kier alpha value is -3.98. The molecule has 6 rings (SSSR count). The summed E-state index contributed by atoms with van der Waals surface area (Å²) in [5.74, 6) is 0. The maximum Gasteiger partial charge on any atom is 0.221 e. The average Bonchev–Trinajstić information content (AvgIpc) is 3.26. The zero-order chi connectivity index (χ0) is 22.0. The van der Waals surface area contributed by atoms with Crippen molar-refractivity contribution in [3.05, 3.63) is 78.0 Å². The van der Waals surface area contributed by atoms with Crippen molar-refractivity contribution in [2.45, 2.75) is 13.0 Å². The van der Waals surface area contributed by atoms with Gasteiger partial charge in [0.25, 0.3) is 0 Å². The number of anilines is 1. The molecule has 1 aliphatic heterocycles. The third-order valence-corrected chi connectivity index (χ3v) is 5.82. The fourth-order valence-electron chi connectivity index (χ4n) is 4.14. The molecule has 5 aromatic rings. The highest BCUT2D eigenvalue weighted by atomic mass is 16.5. The van der Waals surface area contributed by atoms with Gasteiger partial charge in [-0.2, -0.15) is 0 Å². The number of aromatic nitrogens is 7. The Bertz CT molecular complexity index is 1430. The lowest BCUT2D eigenvalue weighted by molar-refractivity contribution is 0.122. The number of hydrogen-bond donors (Lipinski definition) is 0. The van der Waals surface area contributed by atoms with E-state index < -0.39 is 0 Å². The number of morpholine rings is 1. The number of fused-ring (bicyclic) bond motifs is 2. The van der Waals surface area contributed by atoms with Crippen LogP contribution in [0.3, 0.4) is 0 Å². The molecule has 0 unspecified atom stereocenters. The van der Waals surface area contributed by atoms with Gasteiger partial charge in [0, 0.05) is 48.7 Å².